The third-order valence-electron chi connectivity index (χ3n) is 8.61. The van der Waals surface area contributed by atoms with Crippen molar-refractivity contribution in [2.45, 2.75) is 38.8 Å². The van der Waals surface area contributed by atoms with Gasteiger partial charge < -0.3 is 30.4 Å². The molecular formula is C37H34ClN7O7. The Balaban J connectivity index is 0.962. The number of halogens is 1. The summed E-state index contributed by atoms with van der Waals surface area (Å²) in [5.74, 6) is 0.356. The molecule has 0 radical (unpaired) electrons. The number of hydrogen-bond donors (Lipinski definition) is 4. The van der Waals surface area contributed by atoms with Crippen molar-refractivity contribution in [3.8, 4) is 5.75 Å². The van der Waals surface area contributed by atoms with Crippen molar-refractivity contribution in [1.82, 2.24) is 25.5 Å². The molecule has 3 aromatic carbocycles. The summed E-state index contributed by atoms with van der Waals surface area (Å²) in [7, 11) is 1.58. The van der Waals surface area contributed by atoms with Crippen LogP contribution in [0.5, 0.6) is 5.75 Å². The van der Waals surface area contributed by atoms with Crippen LogP contribution in [-0.4, -0.2) is 56.9 Å². The summed E-state index contributed by atoms with van der Waals surface area (Å²) in [5.41, 5.74) is 9.62. The Morgan fingerprint density at radius 2 is 1.65 bits per heavy atom. The van der Waals surface area contributed by atoms with E-state index in [0.29, 0.717) is 53.7 Å². The molecule has 0 fully saturated rings. The van der Waals surface area contributed by atoms with Crippen LogP contribution >= 0.6 is 11.6 Å². The van der Waals surface area contributed by atoms with Gasteiger partial charge in [-0.3, -0.25) is 19.7 Å². The molecule has 14 nitrogen and oxygen atoms in total. The van der Waals surface area contributed by atoms with Crippen molar-refractivity contribution in [1.29, 1.82) is 0 Å². The van der Waals surface area contributed by atoms with Gasteiger partial charge in [0, 0.05) is 46.2 Å². The Morgan fingerprint density at radius 3 is 2.33 bits per heavy atom. The summed E-state index contributed by atoms with van der Waals surface area (Å²) in [4.78, 5) is 36.2. The number of fused-ring (bicyclic) bond motifs is 2. The topological polar surface area (TPSA) is 187 Å². The van der Waals surface area contributed by atoms with Crippen LogP contribution in [0.25, 0.3) is 22.3 Å². The maximum absolute atomic E-state index is 13.1. The minimum absolute atomic E-state index is 0.0362. The first-order chi connectivity index (χ1) is 25.1. The average molecular weight is 724 g/mol. The minimum atomic E-state index is -0.978. The molecule has 0 saturated carbocycles. The maximum Gasteiger partial charge on any atom is 0.351 e. The lowest BCUT2D eigenvalue weighted by Crippen LogP contribution is -2.29. The monoisotopic (exact) mass is 723 g/mol. The van der Waals surface area contributed by atoms with Crippen molar-refractivity contribution in [2.24, 2.45) is 0 Å². The van der Waals surface area contributed by atoms with Crippen molar-refractivity contribution < 1.29 is 29.0 Å². The molecule has 2 amide bonds. The number of nitrogens with one attached hydrogen (secondary N) is 3. The second-order valence-corrected chi connectivity index (χ2v) is 12.5. The number of benzene rings is 3. The Morgan fingerprint density at radius 1 is 0.981 bits per heavy atom. The molecule has 2 heterocycles. The van der Waals surface area contributed by atoms with E-state index < -0.39 is 11.2 Å². The van der Waals surface area contributed by atoms with E-state index >= 15 is 0 Å². The van der Waals surface area contributed by atoms with Gasteiger partial charge in [0.05, 0.1) is 30.4 Å². The number of amides is 2. The van der Waals surface area contributed by atoms with Crippen LogP contribution in [0.4, 0.5) is 5.69 Å². The molecular weight excluding hydrogens is 690 g/mol. The van der Waals surface area contributed by atoms with E-state index in [1.54, 1.807) is 55.6 Å². The quantitative estimate of drug-likeness (QED) is 0.0486. The summed E-state index contributed by atoms with van der Waals surface area (Å²) in [6, 6.07) is 19.7. The predicted molar refractivity (Wildman–Crippen MR) is 193 cm³/mol. The summed E-state index contributed by atoms with van der Waals surface area (Å²) in [6.07, 6.45) is 0.658. The summed E-state index contributed by atoms with van der Waals surface area (Å²) in [5, 5.41) is 40.1. The lowest BCUT2D eigenvalue weighted by Gasteiger charge is -2.17. The smallest absolute Gasteiger partial charge is 0.351 e. The number of aromatic nitrogens is 3. The highest BCUT2D eigenvalue weighted by molar-refractivity contribution is 6.30. The molecule has 6 rings (SSSR count). The lowest BCUT2D eigenvalue weighted by molar-refractivity contribution is -0.375. The van der Waals surface area contributed by atoms with E-state index in [-0.39, 0.29) is 41.7 Å². The van der Waals surface area contributed by atoms with Crippen LogP contribution < -0.4 is 20.7 Å². The van der Waals surface area contributed by atoms with Crippen LogP contribution in [0.2, 0.25) is 5.02 Å². The van der Waals surface area contributed by atoms with E-state index in [4.69, 9.17) is 16.3 Å². The van der Waals surface area contributed by atoms with Gasteiger partial charge in [0.2, 0.25) is 17.5 Å². The maximum atomic E-state index is 13.1. The van der Waals surface area contributed by atoms with E-state index in [1.807, 2.05) is 29.7 Å². The fourth-order valence-corrected chi connectivity index (χ4v) is 6.06. The highest BCUT2D eigenvalue weighted by Crippen LogP contribution is 2.34. The number of ether oxygens (including phenoxy) is 1. The highest BCUT2D eigenvalue weighted by Gasteiger charge is 2.29. The lowest BCUT2D eigenvalue weighted by atomic mass is 10.1. The van der Waals surface area contributed by atoms with Gasteiger partial charge in [0.1, 0.15) is 11.4 Å². The zero-order valence-corrected chi connectivity index (χ0v) is 29.0. The van der Waals surface area contributed by atoms with E-state index in [9.17, 15) is 24.8 Å². The molecule has 52 heavy (non-hydrogen) atoms. The summed E-state index contributed by atoms with van der Waals surface area (Å²) >= 11 is 6.05. The molecule has 1 unspecified atom stereocenters. The third-order valence-corrected chi connectivity index (χ3v) is 8.86. The number of carbonyl (C=O) groups is 2. The van der Waals surface area contributed by atoms with E-state index in [1.165, 1.54) is 0 Å². The minimum Gasteiger partial charge on any atom is -0.497 e. The number of aliphatic hydroxyl groups is 1. The molecule has 4 N–H and O–H groups in total. The van der Waals surface area contributed by atoms with Crippen molar-refractivity contribution in [3.05, 3.63) is 127 Å². The zero-order valence-electron chi connectivity index (χ0n) is 28.2. The average Bonchev–Trinajstić information content (AvgIpc) is 3.73. The number of methoxy groups -OCH3 is 1. The van der Waals surface area contributed by atoms with Crippen LogP contribution in [0.15, 0.2) is 82.8 Å². The molecule has 5 aromatic rings. The number of carbonyl (C=O) groups excluding carboxylic acids is 2. The number of hydrogen-bond acceptors (Lipinski definition) is 10. The molecule has 0 aliphatic heterocycles. The normalized spacial score (nSPS) is 12.5. The second-order valence-electron chi connectivity index (χ2n) is 12.0. The number of unbranched alkanes of at least 4 members (excludes halogenated alkanes) is 1. The van der Waals surface area contributed by atoms with Crippen LogP contribution in [-0.2, 0) is 22.4 Å². The number of nitro groups is 1. The first-order valence-electron chi connectivity index (χ1n) is 16.4. The highest BCUT2D eigenvalue weighted by atomic mass is 35.5. The van der Waals surface area contributed by atoms with Gasteiger partial charge in [-0.15, -0.1) is 0 Å². The van der Waals surface area contributed by atoms with Gasteiger partial charge >= 0.3 is 5.70 Å². The number of nitrogens with zero attached hydrogens (tertiary/aromatic N) is 4. The third kappa shape index (κ3) is 7.91. The Bertz CT molecular complexity index is 2250. The van der Waals surface area contributed by atoms with Crippen molar-refractivity contribution in [2.75, 3.05) is 25.5 Å². The fraction of sp³-hybridized carbons (Fsp3) is 0.243. The van der Waals surface area contributed by atoms with Gasteiger partial charge in [-0.2, -0.15) is 0 Å². The Hall–Kier alpha value is -6.17. The number of anilines is 1. The van der Waals surface area contributed by atoms with Crippen LogP contribution in [0.3, 0.4) is 0 Å². The molecule has 1 aliphatic rings. The summed E-state index contributed by atoms with van der Waals surface area (Å²) < 4.78 is 11.9. The standard InChI is InChI=1S/C37H34ClN7O7/c1-22-28(29-20-27(51-2)13-15-31(29)44(22)37(48)24-7-9-25(38)10-8-24)21-34(47)40-18-4-3-17-39-33(46)19-23-5-11-26(12-6-23)41-30-14-16-32(45(49)50)36-35(30)42-52-43-36/h5-13,15,20,37,41,48H,3-4,17-19,21H2,1-2H3,(H,39,46)(H,40,47). The molecule has 2 aromatic heterocycles. The molecule has 0 spiro atoms. The van der Waals surface area contributed by atoms with Gasteiger partial charge in [0.15, 0.2) is 11.9 Å². The molecule has 1 aliphatic carbocycles. The van der Waals surface area contributed by atoms with Crippen LogP contribution in [0.1, 0.15) is 52.8 Å². The molecule has 15 heteroatoms. The fourth-order valence-electron chi connectivity index (χ4n) is 5.93. The van der Waals surface area contributed by atoms with Crippen LogP contribution in [0, 0.1) is 17.0 Å². The number of aliphatic hydroxyl groups excluding tert-OH is 1. The van der Waals surface area contributed by atoms with Gasteiger partial charge in [-0.25, -0.2) is 4.63 Å². The number of rotatable bonds is 15. The van der Waals surface area contributed by atoms with Crippen molar-refractivity contribution >= 4 is 51.4 Å². The van der Waals surface area contributed by atoms with Gasteiger partial charge in [-0.1, -0.05) is 35.9 Å². The van der Waals surface area contributed by atoms with Gasteiger partial charge in [0.25, 0.3) is 0 Å². The molecule has 0 bridgehead atoms. The van der Waals surface area contributed by atoms with Crippen molar-refractivity contribution in [3.63, 3.8) is 0 Å². The molecule has 0 saturated heterocycles. The predicted octanol–water partition coefficient (Wildman–Crippen LogP) is 5.17. The molecule has 1 atom stereocenters. The molecule has 266 valence electrons. The Kier molecular flexibility index (Phi) is 10.8. The van der Waals surface area contributed by atoms with E-state index in [0.717, 1.165) is 27.7 Å². The largest absolute Gasteiger partial charge is 0.497 e. The first-order valence-corrected chi connectivity index (χ1v) is 16.7. The first kappa shape index (κ1) is 35.6. The van der Waals surface area contributed by atoms with E-state index in [2.05, 4.69) is 42.4 Å². The zero-order chi connectivity index (χ0) is 36.8. The second kappa shape index (κ2) is 15.8. The van der Waals surface area contributed by atoms with Gasteiger partial charge in [-0.05, 0) is 89.4 Å². The Labute approximate surface area is 302 Å². The summed E-state index contributed by atoms with van der Waals surface area (Å²) in [6.45, 7) is 2.78. The SMILES string of the molecule is COc1ccc2c(c1)c(CC(=O)NCCCCNC(=O)Cc1ccc(NC3=C=C=C([N+](=O)[O-])c4nonc43)cc1)c(C)n2C(O)c1ccc(Cl)cc1.